The maximum absolute atomic E-state index is 9.54. The second kappa shape index (κ2) is 36.1. The molecule has 0 aliphatic heterocycles. The zero-order chi connectivity index (χ0) is 46.6. The number of para-hydroxylation sites is 2. The van der Waals surface area contributed by atoms with Crippen LogP contribution in [-0.2, 0) is 46.2 Å². The summed E-state index contributed by atoms with van der Waals surface area (Å²) in [6.45, 7) is 9.83. The number of aromatic nitrogens is 3. The van der Waals surface area contributed by atoms with Crippen LogP contribution in [0.2, 0.25) is 0 Å². The highest BCUT2D eigenvalue weighted by Crippen LogP contribution is 2.28. The first-order valence-electron chi connectivity index (χ1n) is 22.5. The van der Waals surface area contributed by atoms with Crippen molar-refractivity contribution in [3.05, 3.63) is 59.7 Å². The Morgan fingerprint density at radius 2 is 0.815 bits per heavy atom. The normalized spacial score (nSPS) is 11.8. The smallest absolute Gasteiger partial charge is 0.232 e. The van der Waals surface area contributed by atoms with Gasteiger partial charge in [-0.3, -0.25) is 0 Å². The van der Waals surface area contributed by atoms with Gasteiger partial charge >= 0.3 is 0 Å². The van der Waals surface area contributed by atoms with Gasteiger partial charge in [0.25, 0.3) is 0 Å². The summed E-state index contributed by atoms with van der Waals surface area (Å²) < 4.78 is 52.3. The molecule has 3 rings (SSSR count). The van der Waals surface area contributed by atoms with Crippen molar-refractivity contribution in [1.29, 1.82) is 0 Å². The quantitative estimate of drug-likeness (QED) is 0.0505. The third-order valence-electron chi connectivity index (χ3n) is 9.24. The zero-order valence-corrected chi connectivity index (χ0v) is 38.4. The number of rotatable bonds is 42. The molecule has 0 saturated carbocycles. The molecule has 0 bridgehead atoms. The molecule has 20 heteroatoms. The maximum Gasteiger partial charge on any atom is 0.232 e. The Hall–Kier alpha value is -4.03. The summed E-state index contributed by atoms with van der Waals surface area (Å²) >= 11 is 0. The van der Waals surface area contributed by atoms with Gasteiger partial charge in [-0.25, -0.2) is 0 Å². The molecule has 0 aliphatic carbocycles. The van der Waals surface area contributed by atoms with Crippen LogP contribution in [0.5, 0.6) is 11.5 Å². The van der Waals surface area contributed by atoms with Gasteiger partial charge in [0.15, 0.2) is 0 Å². The Balaban J connectivity index is 2.17. The van der Waals surface area contributed by atoms with E-state index in [9.17, 15) is 10.2 Å². The number of ether oxygens (including phenoxy) is 9. The molecule has 5 N–H and O–H groups in total. The largest absolute Gasteiger partial charge is 0.491 e. The van der Waals surface area contributed by atoms with Crippen LogP contribution in [0.4, 0.5) is 17.8 Å². The molecule has 20 nitrogen and oxygen atoms in total. The van der Waals surface area contributed by atoms with Crippen LogP contribution in [0.25, 0.3) is 0 Å². The van der Waals surface area contributed by atoms with Gasteiger partial charge in [0.1, 0.15) is 24.7 Å². The molecule has 0 amide bonds. The van der Waals surface area contributed by atoms with E-state index in [1.54, 1.807) is 0 Å². The standard InChI is InChI=1S/C45H74N6O14/c1-3-20-63-38(2)35-51(37-40-9-5-7-11-42(40)65-34-32-62-28-19-56)45-47-43(49(12-21-57-24-15-52)13-22-59-29-30-60-26-17-54)46-44(48-45)50(14-23-58-25-16-53)36-39-8-4-6-10-41(39)64-33-31-61-27-18-55/h4-11,38,52-56H,3,12-37H2,1-2H3. The van der Waals surface area contributed by atoms with E-state index >= 15 is 0 Å². The van der Waals surface area contributed by atoms with E-state index in [2.05, 4.69) is 6.92 Å². The molecule has 0 saturated heterocycles. The highest BCUT2D eigenvalue weighted by Gasteiger charge is 2.24. The van der Waals surface area contributed by atoms with Gasteiger partial charge in [-0.15, -0.1) is 0 Å². The van der Waals surface area contributed by atoms with Gasteiger partial charge in [0, 0.05) is 57.0 Å². The van der Waals surface area contributed by atoms with E-state index in [4.69, 9.17) is 72.9 Å². The third kappa shape index (κ3) is 23.3. The fourth-order valence-corrected chi connectivity index (χ4v) is 6.19. The average molecular weight is 923 g/mol. The van der Waals surface area contributed by atoms with Gasteiger partial charge in [-0.1, -0.05) is 43.3 Å². The molecule has 65 heavy (non-hydrogen) atoms. The van der Waals surface area contributed by atoms with Crippen molar-refractivity contribution in [1.82, 2.24) is 15.0 Å². The van der Waals surface area contributed by atoms with Gasteiger partial charge in [0.2, 0.25) is 17.8 Å². The number of aliphatic hydroxyl groups excluding tert-OH is 5. The van der Waals surface area contributed by atoms with E-state index in [1.807, 2.05) is 70.2 Å². The molecular formula is C45H74N6O14. The molecule has 1 heterocycles. The van der Waals surface area contributed by atoms with Crippen molar-refractivity contribution in [2.24, 2.45) is 0 Å². The minimum atomic E-state index is -0.226. The lowest BCUT2D eigenvalue weighted by Gasteiger charge is -2.31. The first-order valence-corrected chi connectivity index (χ1v) is 22.5. The summed E-state index contributed by atoms with van der Waals surface area (Å²) in [6, 6.07) is 15.4. The Morgan fingerprint density at radius 1 is 0.446 bits per heavy atom. The highest BCUT2D eigenvalue weighted by atomic mass is 16.5. The molecular weight excluding hydrogens is 849 g/mol. The maximum atomic E-state index is 9.54. The summed E-state index contributed by atoms with van der Waals surface area (Å²) in [7, 11) is 0. The van der Waals surface area contributed by atoms with Crippen molar-refractivity contribution >= 4 is 17.8 Å². The van der Waals surface area contributed by atoms with Gasteiger partial charge in [-0.2, -0.15) is 15.0 Å². The molecule has 1 aromatic heterocycles. The van der Waals surface area contributed by atoms with E-state index in [0.717, 1.165) is 17.5 Å². The zero-order valence-electron chi connectivity index (χ0n) is 38.4. The molecule has 0 spiro atoms. The van der Waals surface area contributed by atoms with Crippen molar-refractivity contribution in [2.75, 3.05) is 173 Å². The number of benzene rings is 2. The lowest BCUT2D eigenvalue weighted by molar-refractivity contribution is 0.0346. The molecule has 0 fully saturated rings. The van der Waals surface area contributed by atoms with Crippen molar-refractivity contribution in [2.45, 2.75) is 39.5 Å². The highest BCUT2D eigenvalue weighted by molar-refractivity contribution is 5.49. The predicted molar refractivity (Wildman–Crippen MR) is 244 cm³/mol. The predicted octanol–water partition coefficient (Wildman–Crippen LogP) is 1.33. The lowest BCUT2D eigenvalue weighted by Crippen LogP contribution is -2.38. The summed E-state index contributed by atoms with van der Waals surface area (Å²) in [4.78, 5) is 21.4. The van der Waals surface area contributed by atoms with Crippen LogP contribution in [0.1, 0.15) is 31.4 Å². The van der Waals surface area contributed by atoms with E-state index in [-0.39, 0.29) is 98.6 Å². The fourth-order valence-electron chi connectivity index (χ4n) is 6.19. The van der Waals surface area contributed by atoms with Crippen molar-refractivity contribution in [3.63, 3.8) is 0 Å². The van der Waals surface area contributed by atoms with Crippen LogP contribution in [0, 0.1) is 0 Å². The first kappa shape index (κ1) is 55.3. The number of aliphatic hydroxyl groups is 5. The molecule has 0 aliphatic rings. The minimum Gasteiger partial charge on any atom is -0.491 e. The number of hydrogen-bond donors (Lipinski definition) is 5. The van der Waals surface area contributed by atoms with Crippen LogP contribution in [0.15, 0.2) is 48.5 Å². The number of hydrogen-bond acceptors (Lipinski definition) is 20. The van der Waals surface area contributed by atoms with Crippen molar-refractivity contribution < 1.29 is 68.2 Å². The van der Waals surface area contributed by atoms with Gasteiger partial charge in [0.05, 0.1) is 118 Å². The molecule has 1 unspecified atom stereocenters. The van der Waals surface area contributed by atoms with Crippen LogP contribution in [-0.4, -0.2) is 205 Å². The van der Waals surface area contributed by atoms with E-state index < -0.39 is 0 Å². The minimum absolute atomic E-state index is 0.0742. The summed E-state index contributed by atoms with van der Waals surface area (Å²) in [5.74, 6) is 2.36. The van der Waals surface area contributed by atoms with Gasteiger partial charge in [-0.05, 0) is 25.5 Å². The summed E-state index contributed by atoms with van der Waals surface area (Å²) in [5.41, 5.74) is 1.72. The Morgan fingerprint density at radius 3 is 1.28 bits per heavy atom. The van der Waals surface area contributed by atoms with Crippen molar-refractivity contribution in [3.8, 4) is 11.5 Å². The average Bonchev–Trinajstić information content (AvgIpc) is 3.32. The Kier molecular flexibility index (Phi) is 30.7. The second-order valence-electron chi connectivity index (χ2n) is 14.4. The topological polar surface area (TPSA) is 233 Å². The fraction of sp³-hybridized carbons (Fsp3) is 0.667. The second-order valence-corrected chi connectivity index (χ2v) is 14.4. The van der Waals surface area contributed by atoms with Crippen LogP contribution >= 0.6 is 0 Å². The van der Waals surface area contributed by atoms with E-state index in [0.29, 0.717) is 108 Å². The van der Waals surface area contributed by atoms with Crippen LogP contribution < -0.4 is 24.2 Å². The lowest BCUT2D eigenvalue weighted by atomic mass is 10.2. The number of anilines is 3. The first-order chi connectivity index (χ1) is 32.0. The SMILES string of the molecule is CCCOC(C)CN(Cc1ccccc1OCCOCCO)c1nc(N(CCOCCO)CCOCCOCCO)nc(N(CCOCCO)Cc2ccccc2OCCOCCO)n1. The summed E-state index contributed by atoms with van der Waals surface area (Å²) in [6.07, 6.45) is 0.618. The van der Waals surface area contributed by atoms with E-state index in [1.165, 1.54) is 0 Å². The third-order valence-corrected chi connectivity index (χ3v) is 9.24. The molecule has 2 aromatic carbocycles. The Labute approximate surface area is 383 Å². The molecule has 3 aromatic rings. The molecule has 368 valence electrons. The van der Waals surface area contributed by atoms with Crippen LogP contribution in [0.3, 0.4) is 0 Å². The molecule has 0 radical (unpaired) electrons. The van der Waals surface area contributed by atoms with Gasteiger partial charge < -0.3 is 82.9 Å². The monoisotopic (exact) mass is 923 g/mol. The summed E-state index contributed by atoms with van der Waals surface area (Å²) in [5, 5.41) is 46.4. The molecule has 1 atom stereocenters. The number of nitrogens with zero attached hydrogens (tertiary/aromatic N) is 6. The Bertz CT molecular complexity index is 1620.